The fraction of sp³-hybridized carbons (Fsp3) is 0.316. The summed E-state index contributed by atoms with van der Waals surface area (Å²) in [4.78, 5) is 14.1. The fourth-order valence-corrected chi connectivity index (χ4v) is 4.21. The average Bonchev–Trinajstić information content (AvgIpc) is 2.59. The first kappa shape index (κ1) is 17.5. The molecule has 0 unspecified atom stereocenters. The molecule has 6 heteroatoms. The molecular weight excluding hydrogens is 338 g/mol. The number of aromatic hydroxyl groups is 1. The van der Waals surface area contributed by atoms with Gasteiger partial charge in [-0.15, -0.1) is 0 Å². The molecule has 0 atom stereocenters. The van der Waals surface area contributed by atoms with Crippen LogP contribution in [-0.2, 0) is 9.84 Å². The van der Waals surface area contributed by atoms with E-state index in [2.05, 4.69) is 0 Å². The molecule has 5 nitrogen and oxygen atoms in total. The number of hydrogen-bond donors (Lipinski definition) is 1. The highest BCUT2D eigenvalue weighted by atomic mass is 32.2. The van der Waals surface area contributed by atoms with E-state index in [4.69, 9.17) is 0 Å². The minimum atomic E-state index is -3.00. The molecule has 0 bridgehead atoms. The van der Waals surface area contributed by atoms with Gasteiger partial charge in [-0.2, -0.15) is 0 Å². The van der Waals surface area contributed by atoms with Crippen molar-refractivity contribution >= 4 is 15.7 Å². The van der Waals surface area contributed by atoms with Crippen molar-refractivity contribution in [2.45, 2.75) is 13.8 Å². The van der Waals surface area contributed by atoms with Crippen LogP contribution in [0.15, 0.2) is 36.4 Å². The Bertz CT molecular complexity index is 903. The monoisotopic (exact) mass is 359 g/mol. The van der Waals surface area contributed by atoms with Crippen molar-refractivity contribution in [3.05, 3.63) is 53.1 Å². The minimum absolute atomic E-state index is 0.0306. The van der Waals surface area contributed by atoms with Gasteiger partial charge in [0, 0.05) is 18.7 Å². The Balaban J connectivity index is 1.81. The Morgan fingerprint density at radius 1 is 0.960 bits per heavy atom. The van der Waals surface area contributed by atoms with Gasteiger partial charge in [-0.25, -0.2) is 8.42 Å². The number of phenolic OH excluding ortho intramolecular Hbond substituents is 1. The zero-order valence-corrected chi connectivity index (χ0v) is 15.1. The number of carbonyl (C=O) groups excluding carboxylic acids is 1. The van der Waals surface area contributed by atoms with Crippen LogP contribution in [0.1, 0.15) is 21.5 Å². The number of rotatable bonds is 2. The van der Waals surface area contributed by atoms with Gasteiger partial charge in [0.2, 0.25) is 0 Å². The zero-order chi connectivity index (χ0) is 18.2. The summed E-state index contributed by atoms with van der Waals surface area (Å²) in [5, 5.41) is 9.78. The summed E-state index contributed by atoms with van der Waals surface area (Å²) < 4.78 is 23.0. The number of sulfone groups is 1. The van der Waals surface area contributed by atoms with Crippen LogP contribution in [-0.4, -0.2) is 48.9 Å². The molecule has 1 saturated heterocycles. The molecule has 2 aromatic rings. The maximum Gasteiger partial charge on any atom is 0.253 e. The van der Waals surface area contributed by atoms with Crippen molar-refractivity contribution in [3.8, 4) is 16.9 Å². The second-order valence-corrected chi connectivity index (χ2v) is 8.71. The Morgan fingerprint density at radius 2 is 1.56 bits per heavy atom. The first-order valence-electron chi connectivity index (χ1n) is 8.18. The van der Waals surface area contributed by atoms with E-state index >= 15 is 0 Å². The summed E-state index contributed by atoms with van der Waals surface area (Å²) in [5.41, 5.74) is 4.38. The third kappa shape index (κ3) is 3.54. The predicted octanol–water partition coefficient (Wildman–Crippen LogP) is 2.55. The van der Waals surface area contributed by atoms with E-state index in [-0.39, 0.29) is 36.3 Å². The second kappa shape index (κ2) is 6.52. The molecule has 0 saturated carbocycles. The summed E-state index contributed by atoms with van der Waals surface area (Å²) in [7, 11) is -3.00. The normalized spacial score (nSPS) is 16.6. The quantitative estimate of drug-likeness (QED) is 0.894. The standard InChI is InChI=1S/C19H21NO4S/c1-13-14(2)18(21)8-7-17(13)15-3-5-16(6-4-15)19(22)20-9-11-25(23,24)12-10-20/h3-8,21H,9-12H2,1-2H3. The van der Waals surface area contributed by atoms with Crippen molar-refractivity contribution in [1.82, 2.24) is 4.90 Å². The first-order valence-corrected chi connectivity index (χ1v) is 10.00. The lowest BCUT2D eigenvalue weighted by Crippen LogP contribution is -2.43. The van der Waals surface area contributed by atoms with Crippen LogP contribution in [0.2, 0.25) is 0 Å². The Morgan fingerprint density at radius 3 is 2.16 bits per heavy atom. The highest BCUT2D eigenvalue weighted by Gasteiger charge is 2.25. The SMILES string of the molecule is Cc1c(O)ccc(-c2ccc(C(=O)N3CCS(=O)(=O)CC3)cc2)c1C. The summed E-state index contributed by atoms with van der Waals surface area (Å²) in [5.74, 6) is 0.194. The molecule has 1 heterocycles. The van der Waals surface area contributed by atoms with E-state index in [1.807, 2.05) is 32.0 Å². The lowest BCUT2D eigenvalue weighted by Gasteiger charge is -2.26. The number of hydrogen-bond acceptors (Lipinski definition) is 4. The molecule has 25 heavy (non-hydrogen) atoms. The number of carbonyl (C=O) groups is 1. The molecular formula is C19H21NO4S. The van der Waals surface area contributed by atoms with Crippen LogP contribution in [0.25, 0.3) is 11.1 Å². The van der Waals surface area contributed by atoms with Crippen molar-refractivity contribution in [1.29, 1.82) is 0 Å². The van der Waals surface area contributed by atoms with Crippen molar-refractivity contribution in [3.63, 3.8) is 0 Å². The number of nitrogens with zero attached hydrogens (tertiary/aromatic N) is 1. The zero-order valence-electron chi connectivity index (χ0n) is 14.3. The number of amides is 1. The van der Waals surface area contributed by atoms with Crippen LogP contribution < -0.4 is 0 Å². The van der Waals surface area contributed by atoms with E-state index in [1.54, 1.807) is 23.1 Å². The van der Waals surface area contributed by atoms with Crippen molar-refractivity contribution in [2.24, 2.45) is 0 Å². The van der Waals surface area contributed by atoms with Gasteiger partial charge >= 0.3 is 0 Å². The largest absolute Gasteiger partial charge is 0.508 e. The third-order valence-corrected chi connectivity index (χ3v) is 6.44. The third-order valence-electron chi connectivity index (χ3n) is 4.83. The summed E-state index contributed by atoms with van der Waals surface area (Å²) >= 11 is 0. The maximum absolute atomic E-state index is 12.5. The Hall–Kier alpha value is -2.34. The lowest BCUT2D eigenvalue weighted by molar-refractivity contribution is 0.0770. The molecule has 1 aliphatic rings. The molecule has 1 amide bonds. The minimum Gasteiger partial charge on any atom is -0.508 e. The van der Waals surface area contributed by atoms with E-state index in [0.29, 0.717) is 5.56 Å². The van der Waals surface area contributed by atoms with Gasteiger partial charge in [-0.3, -0.25) is 4.79 Å². The molecule has 3 rings (SSSR count). The summed E-state index contributed by atoms with van der Waals surface area (Å²) in [6.07, 6.45) is 0. The molecule has 1 aliphatic heterocycles. The van der Waals surface area contributed by atoms with E-state index < -0.39 is 9.84 Å². The summed E-state index contributed by atoms with van der Waals surface area (Å²) in [6, 6.07) is 10.8. The van der Waals surface area contributed by atoms with Gasteiger partial charge in [-0.05, 0) is 54.3 Å². The van der Waals surface area contributed by atoms with Crippen LogP contribution in [0.4, 0.5) is 0 Å². The number of phenols is 1. The van der Waals surface area contributed by atoms with Crippen LogP contribution >= 0.6 is 0 Å². The van der Waals surface area contributed by atoms with E-state index in [0.717, 1.165) is 22.3 Å². The topological polar surface area (TPSA) is 74.7 Å². The average molecular weight is 359 g/mol. The van der Waals surface area contributed by atoms with Crippen molar-refractivity contribution in [2.75, 3.05) is 24.6 Å². The molecule has 0 radical (unpaired) electrons. The highest BCUT2D eigenvalue weighted by Crippen LogP contribution is 2.30. The van der Waals surface area contributed by atoms with Crippen LogP contribution in [0, 0.1) is 13.8 Å². The lowest BCUT2D eigenvalue weighted by atomic mass is 9.95. The molecule has 132 valence electrons. The molecule has 1 N–H and O–H groups in total. The first-order chi connectivity index (χ1) is 11.8. The summed E-state index contributed by atoms with van der Waals surface area (Å²) in [6.45, 7) is 4.33. The van der Waals surface area contributed by atoms with Gasteiger partial charge in [0.15, 0.2) is 9.84 Å². The Kier molecular flexibility index (Phi) is 4.56. The number of benzene rings is 2. The van der Waals surface area contributed by atoms with Gasteiger partial charge in [0.1, 0.15) is 5.75 Å². The van der Waals surface area contributed by atoms with Gasteiger partial charge in [-0.1, -0.05) is 18.2 Å². The molecule has 2 aromatic carbocycles. The van der Waals surface area contributed by atoms with Crippen molar-refractivity contribution < 1.29 is 18.3 Å². The van der Waals surface area contributed by atoms with E-state index in [9.17, 15) is 18.3 Å². The smallest absolute Gasteiger partial charge is 0.253 e. The Labute approximate surface area is 147 Å². The van der Waals surface area contributed by atoms with Crippen LogP contribution in [0.3, 0.4) is 0 Å². The van der Waals surface area contributed by atoms with Gasteiger partial charge in [0.25, 0.3) is 5.91 Å². The van der Waals surface area contributed by atoms with Gasteiger partial charge < -0.3 is 10.0 Å². The molecule has 0 aromatic heterocycles. The maximum atomic E-state index is 12.5. The van der Waals surface area contributed by atoms with E-state index in [1.165, 1.54) is 0 Å². The van der Waals surface area contributed by atoms with Crippen LogP contribution in [0.5, 0.6) is 5.75 Å². The van der Waals surface area contributed by atoms with Gasteiger partial charge in [0.05, 0.1) is 11.5 Å². The fourth-order valence-electron chi connectivity index (χ4n) is 3.01. The molecule has 1 fully saturated rings. The predicted molar refractivity (Wildman–Crippen MR) is 97.6 cm³/mol. The second-order valence-electron chi connectivity index (χ2n) is 6.40. The molecule has 0 aliphatic carbocycles. The highest BCUT2D eigenvalue weighted by molar-refractivity contribution is 7.91. The molecule has 0 spiro atoms.